The van der Waals surface area contributed by atoms with Crippen LogP contribution < -0.4 is 5.32 Å². The standard InChI is InChI=1S/C32H43N5O8/c1-10-14-25(36(8)31(42)45-32(5,6)7)28(39)37(9)26(20(3)4)30(41)44-19-24(29(40)43-17-11-2)35-27(38)23-18-33-21-15-12-13-16-22(21)34-23/h10-13,15-16,18,20,24-26H,1-2,14,17,19H2,3-9H3,(H,35,38)/t24-,25+,26+/m1/s1. The van der Waals surface area contributed by atoms with Crippen molar-refractivity contribution in [2.75, 3.05) is 27.3 Å². The largest absolute Gasteiger partial charge is 0.461 e. The van der Waals surface area contributed by atoms with Crippen molar-refractivity contribution in [1.82, 2.24) is 25.1 Å². The number of nitrogens with one attached hydrogen (secondary N) is 1. The minimum absolute atomic E-state index is 0.0608. The van der Waals surface area contributed by atoms with E-state index in [2.05, 4.69) is 28.4 Å². The second-order valence-corrected chi connectivity index (χ2v) is 11.6. The number of hydrogen-bond donors (Lipinski definition) is 1. The lowest BCUT2D eigenvalue weighted by Crippen LogP contribution is -2.55. The summed E-state index contributed by atoms with van der Waals surface area (Å²) in [6.45, 7) is 15.0. The lowest BCUT2D eigenvalue weighted by molar-refractivity contribution is -0.160. The molecule has 3 amide bonds. The molecular formula is C32H43N5O8. The van der Waals surface area contributed by atoms with Gasteiger partial charge >= 0.3 is 18.0 Å². The molecule has 0 unspecified atom stereocenters. The molecule has 1 aromatic carbocycles. The molecule has 0 radical (unpaired) electrons. The minimum atomic E-state index is -1.41. The summed E-state index contributed by atoms with van der Waals surface area (Å²) in [5, 5.41) is 2.49. The predicted molar refractivity (Wildman–Crippen MR) is 167 cm³/mol. The van der Waals surface area contributed by atoms with Crippen LogP contribution >= 0.6 is 0 Å². The van der Waals surface area contributed by atoms with Gasteiger partial charge in [-0.05, 0) is 45.2 Å². The quantitative estimate of drug-likeness (QED) is 0.188. The average molecular weight is 626 g/mol. The van der Waals surface area contributed by atoms with Crippen LogP contribution in [0, 0.1) is 5.92 Å². The van der Waals surface area contributed by atoms with Crippen molar-refractivity contribution in [3.05, 3.63) is 61.5 Å². The van der Waals surface area contributed by atoms with E-state index in [1.54, 1.807) is 58.9 Å². The molecule has 45 heavy (non-hydrogen) atoms. The van der Waals surface area contributed by atoms with E-state index in [1.165, 1.54) is 37.3 Å². The van der Waals surface area contributed by atoms with Gasteiger partial charge in [0.05, 0.1) is 17.2 Å². The molecule has 2 rings (SSSR count). The number of nitrogens with zero attached hydrogens (tertiary/aromatic N) is 4. The Hall–Kier alpha value is -4.81. The number of esters is 2. The van der Waals surface area contributed by atoms with Crippen LogP contribution in [0.4, 0.5) is 4.79 Å². The zero-order valence-corrected chi connectivity index (χ0v) is 26.9. The minimum Gasteiger partial charge on any atom is -0.461 e. The van der Waals surface area contributed by atoms with Crippen LogP contribution in [-0.4, -0.2) is 101 Å². The Bertz CT molecular complexity index is 1400. The Morgan fingerprint density at radius 2 is 1.60 bits per heavy atom. The maximum Gasteiger partial charge on any atom is 0.410 e. The van der Waals surface area contributed by atoms with Gasteiger partial charge in [-0.2, -0.15) is 0 Å². The SMILES string of the molecule is C=CCOC(=O)[C@@H](COC(=O)[C@H](C(C)C)N(C)C(=O)[C@H](CC=C)N(C)C(=O)OC(C)(C)C)NC(=O)c1cnc2ccccc2n1. The number of hydrogen-bond acceptors (Lipinski definition) is 10. The topological polar surface area (TPSA) is 157 Å². The summed E-state index contributed by atoms with van der Waals surface area (Å²) in [4.78, 5) is 76.4. The number of aromatic nitrogens is 2. The highest BCUT2D eigenvalue weighted by Gasteiger charge is 2.38. The maximum absolute atomic E-state index is 13.6. The van der Waals surface area contributed by atoms with E-state index >= 15 is 0 Å². The summed E-state index contributed by atoms with van der Waals surface area (Å²) < 4.78 is 16.0. The highest BCUT2D eigenvalue weighted by atomic mass is 16.6. The molecule has 0 saturated carbocycles. The van der Waals surface area contributed by atoms with Gasteiger partial charge in [-0.1, -0.05) is 44.7 Å². The van der Waals surface area contributed by atoms with E-state index in [9.17, 15) is 24.0 Å². The van der Waals surface area contributed by atoms with Gasteiger partial charge in [0, 0.05) is 14.1 Å². The van der Waals surface area contributed by atoms with E-state index in [1.807, 2.05) is 0 Å². The van der Waals surface area contributed by atoms with Crippen molar-refractivity contribution < 1.29 is 38.2 Å². The Kier molecular flexibility index (Phi) is 13.2. The summed E-state index contributed by atoms with van der Waals surface area (Å²) in [7, 11) is 2.85. The molecule has 0 bridgehead atoms. The second-order valence-electron chi connectivity index (χ2n) is 11.6. The van der Waals surface area contributed by atoms with E-state index < -0.39 is 66.1 Å². The van der Waals surface area contributed by atoms with Gasteiger partial charge in [0.2, 0.25) is 5.91 Å². The van der Waals surface area contributed by atoms with Gasteiger partial charge in [-0.25, -0.2) is 19.4 Å². The summed E-state index contributed by atoms with van der Waals surface area (Å²) in [6.07, 6.45) is 3.48. The summed E-state index contributed by atoms with van der Waals surface area (Å²) in [6, 6.07) is 3.42. The molecule has 0 saturated heterocycles. The third-order valence-electron chi connectivity index (χ3n) is 6.47. The highest BCUT2D eigenvalue weighted by molar-refractivity contribution is 5.96. The van der Waals surface area contributed by atoms with Gasteiger partial charge in [0.25, 0.3) is 5.91 Å². The number of fused-ring (bicyclic) bond motifs is 1. The second kappa shape index (κ2) is 16.3. The van der Waals surface area contributed by atoms with Gasteiger partial charge < -0.3 is 24.4 Å². The van der Waals surface area contributed by atoms with Crippen LogP contribution in [0.5, 0.6) is 0 Å². The van der Waals surface area contributed by atoms with E-state index in [0.717, 1.165) is 4.90 Å². The van der Waals surface area contributed by atoms with Crippen molar-refractivity contribution in [1.29, 1.82) is 0 Å². The fraction of sp³-hybridized carbons (Fsp3) is 0.469. The van der Waals surface area contributed by atoms with E-state index in [0.29, 0.717) is 11.0 Å². The first-order valence-corrected chi connectivity index (χ1v) is 14.4. The number of ether oxygens (including phenoxy) is 3. The molecule has 0 aliphatic rings. The predicted octanol–water partition coefficient (Wildman–Crippen LogP) is 3.30. The van der Waals surface area contributed by atoms with Crippen LogP contribution in [0.1, 0.15) is 51.5 Å². The molecule has 0 spiro atoms. The lowest BCUT2D eigenvalue weighted by Gasteiger charge is -2.35. The monoisotopic (exact) mass is 625 g/mol. The van der Waals surface area contributed by atoms with Crippen LogP contribution in [0.3, 0.4) is 0 Å². The number of carbonyl (C=O) groups is 5. The first-order valence-electron chi connectivity index (χ1n) is 14.4. The number of rotatable bonds is 14. The number of carbonyl (C=O) groups excluding carboxylic acids is 5. The smallest absolute Gasteiger partial charge is 0.410 e. The molecule has 3 atom stereocenters. The molecule has 0 aliphatic heterocycles. The molecule has 1 N–H and O–H groups in total. The zero-order chi connectivity index (χ0) is 33.9. The van der Waals surface area contributed by atoms with Gasteiger partial charge in [-0.3, -0.25) is 19.5 Å². The Morgan fingerprint density at radius 3 is 2.18 bits per heavy atom. The molecular weight excluding hydrogens is 582 g/mol. The number of likely N-dealkylation sites (N-methyl/N-ethyl adjacent to an activating group) is 2. The lowest BCUT2D eigenvalue weighted by atomic mass is 10.0. The van der Waals surface area contributed by atoms with Gasteiger partial charge in [0.1, 0.15) is 36.6 Å². The van der Waals surface area contributed by atoms with E-state index in [4.69, 9.17) is 14.2 Å². The fourth-order valence-corrected chi connectivity index (χ4v) is 4.25. The average Bonchev–Trinajstić information content (AvgIpc) is 2.98. The zero-order valence-electron chi connectivity index (χ0n) is 26.9. The van der Waals surface area contributed by atoms with Crippen LogP contribution in [0.2, 0.25) is 0 Å². The molecule has 13 heteroatoms. The van der Waals surface area contributed by atoms with Crippen LogP contribution in [0.25, 0.3) is 11.0 Å². The van der Waals surface area contributed by atoms with Crippen molar-refractivity contribution in [2.45, 2.75) is 64.8 Å². The normalized spacial score (nSPS) is 13.2. The van der Waals surface area contributed by atoms with Crippen molar-refractivity contribution in [3.63, 3.8) is 0 Å². The molecule has 13 nitrogen and oxygen atoms in total. The Balaban J connectivity index is 2.23. The number of benzene rings is 1. The van der Waals surface area contributed by atoms with Crippen molar-refractivity contribution in [2.24, 2.45) is 5.92 Å². The number of para-hydroxylation sites is 2. The third-order valence-corrected chi connectivity index (χ3v) is 6.47. The van der Waals surface area contributed by atoms with Gasteiger partial charge in [0.15, 0.2) is 6.04 Å². The molecule has 2 aromatic rings. The molecule has 1 aromatic heterocycles. The first kappa shape index (κ1) is 36.4. The first-order chi connectivity index (χ1) is 21.1. The third kappa shape index (κ3) is 10.4. The molecule has 0 aliphatic carbocycles. The summed E-state index contributed by atoms with van der Waals surface area (Å²) >= 11 is 0. The fourth-order valence-electron chi connectivity index (χ4n) is 4.25. The van der Waals surface area contributed by atoms with Crippen LogP contribution in [0.15, 0.2) is 55.8 Å². The van der Waals surface area contributed by atoms with Gasteiger partial charge in [-0.15, -0.1) is 6.58 Å². The van der Waals surface area contributed by atoms with Crippen molar-refractivity contribution >= 4 is 40.9 Å². The molecule has 1 heterocycles. The van der Waals surface area contributed by atoms with Crippen LogP contribution in [-0.2, 0) is 28.6 Å². The Morgan fingerprint density at radius 1 is 0.956 bits per heavy atom. The molecule has 244 valence electrons. The summed E-state index contributed by atoms with van der Waals surface area (Å²) in [5.74, 6) is -3.44. The van der Waals surface area contributed by atoms with Crippen molar-refractivity contribution in [3.8, 4) is 0 Å². The summed E-state index contributed by atoms with van der Waals surface area (Å²) in [5.41, 5.74) is 0.204. The Labute approximate surface area is 263 Å². The highest BCUT2D eigenvalue weighted by Crippen LogP contribution is 2.18. The molecule has 0 fully saturated rings. The maximum atomic E-state index is 13.6. The van der Waals surface area contributed by atoms with E-state index in [-0.39, 0.29) is 18.7 Å². The number of amides is 3.